The third kappa shape index (κ3) is 4.45. The number of carbonyl (C=O) groups excluding carboxylic acids is 1. The van der Waals surface area contributed by atoms with Gasteiger partial charge in [-0.15, -0.1) is 0 Å². The zero-order chi connectivity index (χ0) is 20.9. The minimum absolute atomic E-state index is 0.0921. The molecule has 0 spiro atoms. The van der Waals surface area contributed by atoms with Crippen molar-refractivity contribution < 1.29 is 4.79 Å². The summed E-state index contributed by atoms with van der Waals surface area (Å²) in [5.41, 5.74) is 2.57. The van der Waals surface area contributed by atoms with E-state index in [1.54, 1.807) is 18.2 Å². The number of rotatable bonds is 4. The monoisotopic (exact) mass is 398 g/mol. The summed E-state index contributed by atoms with van der Waals surface area (Å²) in [5.74, 6) is 0.934. The van der Waals surface area contributed by atoms with Crippen LogP contribution in [-0.4, -0.2) is 58.9 Å². The van der Waals surface area contributed by atoms with E-state index < -0.39 is 0 Å². The Labute approximate surface area is 175 Å². The largest absolute Gasteiger partial charge is 0.340 e. The Morgan fingerprint density at radius 2 is 1.70 bits per heavy atom. The smallest absolute Gasteiger partial charge is 0.272 e. The van der Waals surface area contributed by atoms with E-state index in [9.17, 15) is 4.79 Å². The Hall–Kier alpha value is -3.76. The second kappa shape index (κ2) is 8.72. The van der Waals surface area contributed by atoms with Crippen molar-refractivity contribution in [1.29, 1.82) is 5.26 Å². The third-order valence-electron chi connectivity index (χ3n) is 5.05. The lowest BCUT2D eigenvalue weighted by Gasteiger charge is -2.32. The van der Waals surface area contributed by atoms with Crippen LogP contribution in [0.5, 0.6) is 0 Å². The third-order valence-corrected chi connectivity index (χ3v) is 5.05. The molecule has 1 aromatic heterocycles. The average molecular weight is 398 g/mol. The van der Waals surface area contributed by atoms with Crippen molar-refractivity contribution in [3.8, 4) is 17.5 Å². The molecular weight excluding hydrogens is 376 g/mol. The zero-order valence-electron chi connectivity index (χ0n) is 16.7. The highest BCUT2D eigenvalue weighted by Gasteiger charge is 2.23. The van der Waals surface area contributed by atoms with E-state index in [-0.39, 0.29) is 5.91 Å². The van der Waals surface area contributed by atoms with Crippen molar-refractivity contribution in [2.75, 3.05) is 38.5 Å². The van der Waals surface area contributed by atoms with Gasteiger partial charge >= 0.3 is 0 Å². The van der Waals surface area contributed by atoms with Crippen LogP contribution in [0.25, 0.3) is 11.4 Å². The number of nitrogens with zero attached hydrogens (tertiary/aromatic N) is 5. The average Bonchev–Trinajstić information content (AvgIpc) is 2.80. The molecule has 4 rings (SSSR count). The van der Waals surface area contributed by atoms with Gasteiger partial charge in [-0.1, -0.05) is 30.3 Å². The fraction of sp³-hybridized carbons (Fsp3) is 0.217. The van der Waals surface area contributed by atoms with Crippen molar-refractivity contribution in [1.82, 2.24) is 19.8 Å². The molecule has 2 aromatic carbocycles. The molecule has 1 amide bonds. The van der Waals surface area contributed by atoms with Crippen molar-refractivity contribution in [3.63, 3.8) is 0 Å². The van der Waals surface area contributed by atoms with E-state index in [4.69, 9.17) is 5.26 Å². The van der Waals surface area contributed by atoms with Crippen LogP contribution in [0.15, 0.2) is 60.7 Å². The summed E-state index contributed by atoms with van der Waals surface area (Å²) in [6.07, 6.45) is 0. The van der Waals surface area contributed by atoms with E-state index in [1.165, 1.54) is 0 Å². The van der Waals surface area contributed by atoms with Crippen LogP contribution in [0.3, 0.4) is 0 Å². The first-order valence-corrected chi connectivity index (χ1v) is 9.82. The van der Waals surface area contributed by atoms with E-state index >= 15 is 0 Å². The van der Waals surface area contributed by atoms with E-state index in [0.717, 1.165) is 24.3 Å². The van der Waals surface area contributed by atoms with Crippen molar-refractivity contribution in [3.05, 3.63) is 71.9 Å². The van der Waals surface area contributed by atoms with Gasteiger partial charge in [-0.3, -0.25) is 4.79 Å². The van der Waals surface area contributed by atoms with Crippen LogP contribution in [0.1, 0.15) is 16.1 Å². The minimum atomic E-state index is -0.0921. The SMILES string of the molecule is CN1CCN(C(=O)c2cc(Nc3ccc(C#N)cc3)nc(-c3ccccc3)n2)CC1. The zero-order valence-corrected chi connectivity index (χ0v) is 16.7. The van der Waals surface area contributed by atoms with Crippen LogP contribution in [0, 0.1) is 11.3 Å². The molecular formula is C23H22N6O. The van der Waals surface area contributed by atoms with E-state index in [2.05, 4.69) is 33.3 Å². The lowest BCUT2D eigenvalue weighted by molar-refractivity contribution is 0.0658. The van der Waals surface area contributed by atoms with Gasteiger partial charge in [0, 0.05) is 43.5 Å². The number of nitriles is 1. The van der Waals surface area contributed by atoms with Crippen LogP contribution in [0.2, 0.25) is 0 Å². The highest BCUT2D eigenvalue weighted by Crippen LogP contribution is 2.22. The van der Waals surface area contributed by atoms with E-state index in [1.807, 2.05) is 47.4 Å². The predicted molar refractivity (Wildman–Crippen MR) is 115 cm³/mol. The fourth-order valence-electron chi connectivity index (χ4n) is 3.28. The molecule has 7 heteroatoms. The highest BCUT2D eigenvalue weighted by molar-refractivity contribution is 5.93. The molecule has 150 valence electrons. The fourth-order valence-corrected chi connectivity index (χ4v) is 3.28. The van der Waals surface area contributed by atoms with Crippen molar-refractivity contribution in [2.24, 2.45) is 0 Å². The molecule has 0 atom stereocenters. The van der Waals surface area contributed by atoms with Gasteiger partial charge < -0.3 is 15.1 Å². The summed E-state index contributed by atoms with van der Waals surface area (Å²) in [4.78, 5) is 26.4. The maximum absolute atomic E-state index is 13.1. The molecule has 1 N–H and O–H groups in total. The molecule has 3 aromatic rings. The first kappa shape index (κ1) is 19.6. The van der Waals surface area contributed by atoms with Gasteiger partial charge in [0.25, 0.3) is 5.91 Å². The number of likely N-dealkylation sites (N-methyl/N-ethyl adjacent to an activating group) is 1. The number of benzene rings is 2. The van der Waals surface area contributed by atoms with Gasteiger partial charge in [0.2, 0.25) is 0 Å². The molecule has 0 unspecified atom stereocenters. The Kier molecular flexibility index (Phi) is 5.68. The number of hydrogen-bond acceptors (Lipinski definition) is 6. The van der Waals surface area contributed by atoms with Crippen LogP contribution in [-0.2, 0) is 0 Å². The van der Waals surface area contributed by atoms with Crippen LogP contribution < -0.4 is 5.32 Å². The Balaban J connectivity index is 1.67. The molecule has 0 aliphatic carbocycles. The Bertz CT molecular complexity index is 1070. The topological polar surface area (TPSA) is 85.1 Å². The predicted octanol–water partition coefficient (Wildman–Crippen LogP) is 3.15. The lowest BCUT2D eigenvalue weighted by Crippen LogP contribution is -2.47. The Morgan fingerprint density at radius 3 is 2.37 bits per heavy atom. The normalized spacial score (nSPS) is 14.2. The molecule has 1 aliphatic rings. The maximum Gasteiger partial charge on any atom is 0.272 e. The minimum Gasteiger partial charge on any atom is -0.340 e. The number of carbonyl (C=O) groups is 1. The van der Waals surface area contributed by atoms with Gasteiger partial charge in [-0.05, 0) is 31.3 Å². The summed E-state index contributed by atoms with van der Waals surface area (Å²) in [6, 6.07) is 20.5. The van der Waals surface area contributed by atoms with Crippen LogP contribution >= 0.6 is 0 Å². The van der Waals surface area contributed by atoms with Gasteiger partial charge in [0.1, 0.15) is 11.5 Å². The number of nitrogens with one attached hydrogen (secondary N) is 1. The summed E-state index contributed by atoms with van der Waals surface area (Å²) in [5, 5.41) is 12.2. The molecule has 2 heterocycles. The maximum atomic E-state index is 13.1. The standard InChI is InChI=1S/C23H22N6O/c1-28-11-13-29(14-12-28)23(30)20-15-21(25-19-9-7-17(16-24)8-10-19)27-22(26-20)18-5-3-2-4-6-18/h2-10,15H,11-14H2,1H3,(H,25,26,27). The quantitative estimate of drug-likeness (QED) is 0.727. The first-order valence-electron chi connectivity index (χ1n) is 9.82. The molecule has 0 bridgehead atoms. The highest BCUT2D eigenvalue weighted by atomic mass is 16.2. The second-order valence-electron chi connectivity index (χ2n) is 7.24. The number of aromatic nitrogens is 2. The summed E-state index contributed by atoms with van der Waals surface area (Å²) < 4.78 is 0. The molecule has 1 saturated heterocycles. The summed E-state index contributed by atoms with van der Waals surface area (Å²) in [6.45, 7) is 3.05. The van der Waals surface area contributed by atoms with Gasteiger partial charge in [-0.2, -0.15) is 5.26 Å². The number of amides is 1. The molecule has 1 aliphatic heterocycles. The molecule has 0 saturated carbocycles. The first-order chi connectivity index (χ1) is 14.6. The Morgan fingerprint density at radius 1 is 1.00 bits per heavy atom. The van der Waals surface area contributed by atoms with Gasteiger partial charge in [-0.25, -0.2) is 9.97 Å². The number of piperazine rings is 1. The molecule has 0 radical (unpaired) electrons. The number of hydrogen-bond donors (Lipinski definition) is 1. The van der Waals surface area contributed by atoms with Gasteiger partial charge in [0.05, 0.1) is 11.6 Å². The summed E-state index contributed by atoms with van der Waals surface area (Å²) in [7, 11) is 2.06. The second-order valence-corrected chi connectivity index (χ2v) is 7.24. The summed E-state index contributed by atoms with van der Waals surface area (Å²) >= 11 is 0. The van der Waals surface area contributed by atoms with E-state index in [0.29, 0.717) is 36.0 Å². The molecule has 7 nitrogen and oxygen atoms in total. The molecule has 1 fully saturated rings. The number of anilines is 2. The van der Waals surface area contributed by atoms with Crippen LogP contribution in [0.4, 0.5) is 11.5 Å². The van der Waals surface area contributed by atoms with Gasteiger partial charge in [0.15, 0.2) is 5.82 Å². The lowest BCUT2D eigenvalue weighted by atomic mass is 10.2. The van der Waals surface area contributed by atoms with Crippen molar-refractivity contribution >= 4 is 17.4 Å². The van der Waals surface area contributed by atoms with Crippen molar-refractivity contribution in [2.45, 2.75) is 0 Å². The molecule has 30 heavy (non-hydrogen) atoms.